The zero-order valence-electron chi connectivity index (χ0n) is 22.4. The number of nitrogens with zero attached hydrogens (tertiary/aromatic N) is 4. The van der Waals surface area contributed by atoms with Crippen LogP contribution in [0.4, 0.5) is 34.5 Å². The highest BCUT2D eigenvalue weighted by Crippen LogP contribution is 2.36. The predicted molar refractivity (Wildman–Crippen MR) is 153 cm³/mol. The number of piperazine rings is 1. The number of fused-ring (bicyclic) bond motifs is 2. The number of benzene rings is 2. The normalized spacial score (nSPS) is 17.9. The third-order valence-electron chi connectivity index (χ3n) is 7.19. The van der Waals surface area contributed by atoms with Crippen LogP contribution in [0.15, 0.2) is 61.3 Å². The number of hydrogen-bond donors (Lipinski definition) is 3. The van der Waals surface area contributed by atoms with Gasteiger partial charge >= 0.3 is 0 Å². The monoisotopic (exact) mass is 527 g/mol. The number of methoxy groups -OCH3 is 1. The summed E-state index contributed by atoms with van der Waals surface area (Å²) in [7, 11) is 1.64. The minimum absolute atomic E-state index is 0.165. The number of carbonyl (C=O) groups excluding carboxylic acids is 2. The third kappa shape index (κ3) is 5.64. The lowest BCUT2D eigenvalue weighted by molar-refractivity contribution is -0.132. The lowest BCUT2D eigenvalue weighted by Gasteiger charge is -2.41. The van der Waals surface area contributed by atoms with E-state index >= 15 is 0 Å². The number of amides is 2. The van der Waals surface area contributed by atoms with E-state index in [-0.39, 0.29) is 23.9 Å². The van der Waals surface area contributed by atoms with Crippen molar-refractivity contribution >= 4 is 46.3 Å². The second-order valence-corrected chi connectivity index (χ2v) is 9.85. The maximum absolute atomic E-state index is 12.1. The summed E-state index contributed by atoms with van der Waals surface area (Å²) < 4.78 is 5.71. The van der Waals surface area contributed by atoms with Gasteiger partial charge in [-0.1, -0.05) is 12.6 Å². The molecule has 1 aromatic heterocycles. The summed E-state index contributed by atoms with van der Waals surface area (Å²) in [6.45, 7) is 8.71. The van der Waals surface area contributed by atoms with Gasteiger partial charge in [0.15, 0.2) is 0 Å². The molecule has 2 unspecified atom stereocenters. The summed E-state index contributed by atoms with van der Waals surface area (Å²) in [5, 5.41) is 9.34. The quantitative estimate of drug-likeness (QED) is 0.365. The average Bonchev–Trinajstić information content (AvgIpc) is 3.20. The first-order valence-corrected chi connectivity index (χ1v) is 13.0. The topological polar surface area (TPSA) is 112 Å². The molecule has 2 amide bonds. The number of ether oxygens (including phenoxy) is 1. The average molecular weight is 528 g/mol. The van der Waals surface area contributed by atoms with Crippen LogP contribution in [-0.4, -0.2) is 59.0 Å². The number of aromatic nitrogens is 2. The van der Waals surface area contributed by atoms with Crippen molar-refractivity contribution in [3.63, 3.8) is 0 Å². The van der Waals surface area contributed by atoms with E-state index in [0.717, 1.165) is 48.6 Å². The van der Waals surface area contributed by atoms with Gasteiger partial charge in [-0.25, -0.2) is 4.98 Å². The van der Waals surface area contributed by atoms with Crippen LogP contribution in [-0.2, 0) is 9.59 Å². The van der Waals surface area contributed by atoms with Crippen LogP contribution in [0.25, 0.3) is 0 Å². The van der Waals surface area contributed by atoms with Gasteiger partial charge in [0.25, 0.3) is 0 Å². The van der Waals surface area contributed by atoms with Crippen LogP contribution in [0, 0.1) is 6.92 Å². The fourth-order valence-corrected chi connectivity index (χ4v) is 5.36. The number of nitrogens with one attached hydrogen (secondary N) is 3. The van der Waals surface area contributed by atoms with Crippen LogP contribution >= 0.6 is 0 Å². The van der Waals surface area contributed by atoms with Crippen molar-refractivity contribution in [1.82, 2.24) is 14.9 Å². The highest BCUT2D eigenvalue weighted by Gasteiger charge is 2.41. The van der Waals surface area contributed by atoms with Gasteiger partial charge in [0, 0.05) is 67.0 Å². The Labute approximate surface area is 228 Å². The Kier molecular flexibility index (Phi) is 7.36. The van der Waals surface area contributed by atoms with Gasteiger partial charge in [-0.3, -0.25) is 9.59 Å². The summed E-state index contributed by atoms with van der Waals surface area (Å²) in [5.41, 5.74) is 4.09. The molecule has 0 spiro atoms. The van der Waals surface area contributed by atoms with Crippen molar-refractivity contribution in [2.24, 2.45) is 0 Å². The zero-order chi connectivity index (χ0) is 27.5. The molecular formula is C29H33N7O3. The molecule has 3 heterocycles. The van der Waals surface area contributed by atoms with Gasteiger partial charge in [0.1, 0.15) is 11.6 Å². The maximum atomic E-state index is 12.1. The first-order valence-electron chi connectivity index (χ1n) is 13.0. The van der Waals surface area contributed by atoms with Crippen molar-refractivity contribution in [3.8, 4) is 5.75 Å². The summed E-state index contributed by atoms with van der Waals surface area (Å²) in [4.78, 5) is 37.2. The van der Waals surface area contributed by atoms with Crippen molar-refractivity contribution < 1.29 is 14.3 Å². The molecule has 2 fully saturated rings. The van der Waals surface area contributed by atoms with E-state index < -0.39 is 0 Å². The zero-order valence-corrected chi connectivity index (χ0v) is 22.4. The van der Waals surface area contributed by atoms with Crippen LogP contribution in [0.3, 0.4) is 0 Å². The summed E-state index contributed by atoms with van der Waals surface area (Å²) >= 11 is 0. The van der Waals surface area contributed by atoms with Gasteiger partial charge < -0.3 is 30.5 Å². The molecule has 5 rings (SSSR count). The molecule has 10 heteroatoms. The second-order valence-electron chi connectivity index (χ2n) is 9.85. The molecule has 2 bridgehead atoms. The van der Waals surface area contributed by atoms with E-state index in [1.807, 2.05) is 37.3 Å². The van der Waals surface area contributed by atoms with Crippen molar-refractivity contribution in [3.05, 3.63) is 66.9 Å². The standard InChI is InChI=1S/C29H33N7O3/c1-5-27(38)31-20-7-6-8-21(13-20)32-28-18(2)15-30-29(34-28)33-25-12-11-22(14-26(25)39-4)35-16-23-9-10-24(17-35)36(23)19(3)37/h5-8,11-15,23-24H,1,9-10,16-17H2,2-4H3,(H,31,38)(H2,30,32,33,34). The van der Waals surface area contributed by atoms with Gasteiger partial charge in [-0.05, 0) is 56.2 Å². The van der Waals surface area contributed by atoms with Crippen molar-refractivity contribution in [1.29, 1.82) is 0 Å². The summed E-state index contributed by atoms with van der Waals surface area (Å²) in [6.07, 6.45) is 5.07. The predicted octanol–water partition coefficient (Wildman–Crippen LogP) is 4.60. The molecule has 0 aliphatic carbocycles. The number of rotatable bonds is 8. The third-order valence-corrected chi connectivity index (χ3v) is 7.19. The van der Waals surface area contributed by atoms with Crippen LogP contribution in [0.1, 0.15) is 25.3 Å². The number of carbonyl (C=O) groups is 2. The van der Waals surface area contributed by atoms with Crippen molar-refractivity contribution in [2.75, 3.05) is 41.0 Å². The van der Waals surface area contributed by atoms with Gasteiger partial charge in [-0.15, -0.1) is 0 Å². The first-order chi connectivity index (χ1) is 18.8. The SMILES string of the molecule is C=CC(=O)Nc1cccc(Nc2nc(Nc3ccc(N4CC5CCC(C4)N5C(C)=O)cc3OC)ncc2C)c1. The Bertz CT molecular complexity index is 1400. The molecule has 0 radical (unpaired) electrons. The first kappa shape index (κ1) is 26.0. The summed E-state index contributed by atoms with van der Waals surface area (Å²) in [6, 6.07) is 13.9. The molecule has 2 atom stereocenters. The van der Waals surface area contributed by atoms with E-state index in [9.17, 15) is 9.59 Å². The molecular weight excluding hydrogens is 494 g/mol. The van der Waals surface area contributed by atoms with Crippen molar-refractivity contribution in [2.45, 2.75) is 38.8 Å². The summed E-state index contributed by atoms with van der Waals surface area (Å²) in [5.74, 6) is 1.62. The molecule has 2 aliphatic heterocycles. The molecule has 10 nitrogen and oxygen atoms in total. The van der Waals surface area contributed by atoms with E-state index in [4.69, 9.17) is 4.74 Å². The second kappa shape index (κ2) is 11.0. The fraction of sp³-hybridized carbons (Fsp3) is 0.310. The van der Waals surface area contributed by atoms with Crippen LogP contribution in [0.2, 0.25) is 0 Å². The fourth-order valence-electron chi connectivity index (χ4n) is 5.36. The largest absolute Gasteiger partial charge is 0.494 e. The van der Waals surface area contributed by atoms with E-state index in [1.165, 1.54) is 6.08 Å². The molecule has 0 saturated carbocycles. The molecule has 3 aromatic rings. The van der Waals surface area contributed by atoms with Gasteiger partial charge in [0.05, 0.1) is 12.8 Å². The van der Waals surface area contributed by atoms with Crippen LogP contribution in [0.5, 0.6) is 5.75 Å². The Balaban J connectivity index is 1.31. The lowest BCUT2D eigenvalue weighted by atomic mass is 10.1. The van der Waals surface area contributed by atoms with E-state index in [2.05, 4.69) is 48.4 Å². The van der Waals surface area contributed by atoms with Crippen LogP contribution < -0.4 is 25.6 Å². The Morgan fingerprint density at radius 1 is 1.08 bits per heavy atom. The van der Waals surface area contributed by atoms with E-state index in [0.29, 0.717) is 23.2 Å². The van der Waals surface area contributed by atoms with Gasteiger partial charge in [0.2, 0.25) is 17.8 Å². The Hall–Kier alpha value is -4.60. The molecule has 2 saturated heterocycles. The minimum Gasteiger partial charge on any atom is -0.494 e. The molecule has 2 aromatic carbocycles. The molecule has 202 valence electrons. The maximum Gasteiger partial charge on any atom is 0.247 e. The molecule has 3 N–H and O–H groups in total. The number of aryl methyl sites for hydroxylation is 1. The lowest BCUT2D eigenvalue weighted by Crippen LogP contribution is -2.55. The van der Waals surface area contributed by atoms with E-state index in [1.54, 1.807) is 26.3 Å². The smallest absolute Gasteiger partial charge is 0.247 e. The van der Waals surface area contributed by atoms with Gasteiger partial charge in [-0.2, -0.15) is 4.98 Å². The minimum atomic E-state index is -0.275. The Morgan fingerprint density at radius 2 is 1.82 bits per heavy atom. The highest BCUT2D eigenvalue weighted by atomic mass is 16.5. The number of hydrogen-bond acceptors (Lipinski definition) is 8. The number of anilines is 6. The Morgan fingerprint density at radius 3 is 2.51 bits per heavy atom. The molecule has 2 aliphatic rings. The highest BCUT2D eigenvalue weighted by molar-refractivity contribution is 5.99. The molecule has 39 heavy (non-hydrogen) atoms.